The zero-order valence-corrected chi connectivity index (χ0v) is 23.4. The topological polar surface area (TPSA) is 94.7 Å². The number of aliphatic hydroxyl groups excluding tert-OH is 1. The first kappa shape index (κ1) is 29.7. The lowest BCUT2D eigenvalue weighted by Crippen LogP contribution is -2.40. The van der Waals surface area contributed by atoms with E-state index in [2.05, 4.69) is 57.6 Å². The molecule has 1 atom stereocenters. The van der Waals surface area contributed by atoms with Gasteiger partial charge in [-0.15, -0.1) is 0 Å². The van der Waals surface area contributed by atoms with E-state index in [9.17, 15) is 9.90 Å². The Morgan fingerprint density at radius 1 is 0.949 bits per heavy atom. The van der Waals surface area contributed by atoms with Crippen LogP contribution in [0.5, 0.6) is 0 Å². The van der Waals surface area contributed by atoms with Crippen LogP contribution in [-0.2, 0) is 0 Å². The van der Waals surface area contributed by atoms with Gasteiger partial charge in [0.15, 0.2) is 0 Å². The largest absolute Gasteiger partial charge is 0.390 e. The van der Waals surface area contributed by atoms with Crippen LogP contribution in [0.2, 0.25) is 0 Å². The van der Waals surface area contributed by atoms with Crippen molar-refractivity contribution in [2.45, 2.75) is 33.8 Å². The van der Waals surface area contributed by atoms with Crippen molar-refractivity contribution in [1.82, 2.24) is 20.1 Å². The molecule has 7 heteroatoms. The van der Waals surface area contributed by atoms with Crippen molar-refractivity contribution < 1.29 is 9.90 Å². The lowest BCUT2D eigenvalue weighted by Gasteiger charge is -2.22. The Balaban J connectivity index is 1.73. The van der Waals surface area contributed by atoms with Gasteiger partial charge in [0.1, 0.15) is 5.82 Å². The summed E-state index contributed by atoms with van der Waals surface area (Å²) < 4.78 is 0. The maximum atomic E-state index is 12.5. The maximum absolute atomic E-state index is 12.5. The summed E-state index contributed by atoms with van der Waals surface area (Å²) in [4.78, 5) is 21.2. The van der Waals surface area contributed by atoms with Gasteiger partial charge >= 0.3 is 0 Å². The second kappa shape index (κ2) is 14.9. The molecule has 0 aliphatic heterocycles. The predicted octanol–water partition coefficient (Wildman–Crippen LogP) is 3.34. The minimum absolute atomic E-state index is 0.200. The molecule has 7 nitrogen and oxygen atoms in total. The number of anilines is 1. The number of aromatic nitrogens is 1. The predicted molar refractivity (Wildman–Crippen MR) is 159 cm³/mol. The van der Waals surface area contributed by atoms with Crippen molar-refractivity contribution in [3.63, 3.8) is 0 Å². The SMILES string of the molecule is CCN(CC)CC#Cc1ccc2cnc(N)c(C#Cc3ccc(C(=O)NCC(O)CN(CC)CC)cc3)c2c1. The number of nitrogen functional groups attached to an aromatic ring is 1. The quantitative estimate of drug-likeness (QED) is 0.352. The summed E-state index contributed by atoms with van der Waals surface area (Å²) >= 11 is 0. The highest BCUT2D eigenvalue weighted by Gasteiger charge is 2.12. The van der Waals surface area contributed by atoms with Crippen LogP contribution < -0.4 is 11.1 Å². The van der Waals surface area contributed by atoms with Gasteiger partial charge < -0.3 is 21.1 Å². The Bertz CT molecular complexity index is 1370. The van der Waals surface area contributed by atoms with E-state index in [1.807, 2.05) is 32.0 Å². The van der Waals surface area contributed by atoms with E-state index in [-0.39, 0.29) is 12.5 Å². The summed E-state index contributed by atoms with van der Waals surface area (Å²) in [5, 5.41) is 14.8. The fourth-order valence-corrected chi connectivity index (χ4v) is 4.13. The van der Waals surface area contributed by atoms with E-state index in [4.69, 9.17) is 5.73 Å². The fourth-order valence-electron chi connectivity index (χ4n) is 4.13. The Morgan fingerprint density at radius 3 is 2.28 bits per heavy atom. The zero-order chi connectivity index (χ0) is 28.2. The first-order valence-electron chi connectivity index (χ1n) is 13.6. The number of fused-ring (bicyclic) bond motifs is 1. The molecule has 1 unspecified atom stereocenters. The summed E-state index contributed by atoms with van der Waals surface area (Å²) in [6.07, 6.45) is 1.13. The fraction of sp³-hybridized carbons (Fsp3) is 0.375. The lowest BCUT2D eigenvalue weighted by molar-refractivity contribution is 0.0869. The first-order chi connectivity index (χ1) is 18.9. The van der Waals surface area contributed by atoms with Crippen molar-refractivity contribution >= 4 is 22.5 Å². The highest BCUT2D eigenvalue weighted by Crippen LogP contribution is 2.23. The summed E-state index contributed by atoms with van der Waals surface area (Å²) in [5.74, 6) is 13.0. The number of pyridine rings is 1. The van der Waals surface area contributed by atoms with Crippen LogP contribution in [0.4, 0.5) is 5.82 Å². The number of nitrogens with one attached hydrogen (secondary N) is 1. The summed E-state index contributed by atoms with van der Waals surface area (Å²) in [5.41, 5.74) is 9.03. The molecule has 0 bridgehead atoms. The molecule has 3 aromatic rings. The second-order valence-electron chi connectivity index (χ2n) is 9.26. The van der Waals surface area contributed by atoms with Gasteiger partial charge in [-0.05, 0) is 62.6 Å². The minimum atomic E-state index is -0.618. The molecular weight excluding hydrogens is 486 g/mol. The third-order valence-electron chi connectivity index (χ3n) is 6.69. The average Bonchev–Trinajstić information content (AvgIpc) is 2.96. The lowest BCUT2D eigenvalue weighted by atomic mass is 10.0. The highest BCUT2D eigenvalue weighted by atomic mass is 16.3. The molecule has 1 amide bonds. The number of likely N-dealkylation sites (N-methyl/N-ethyl adjacent to an activating group) is 1. The van der Waals surface area contributed by atoms with Crippen LogP contribution in [0.1, 0.15) is 54.7 Å². The number of hydrogen-bond donors (Lipinski definition) is 3. The average molecular weight is 526 g/mol. The van der Waals surface area contributed by atoms with Gasteiger partial charge in [0.05, 0.1) is 18.2 Å². The number of carbonyl (C=O) groups excluding carboxylic acids is 1. The van der Waals surface area contributed by atoms with Crippen LogP contribution in [0.15, 0.2) is 48.7 Å². The van der Waals surface area contributed by atoms with Crippen LogP contribution in [-0.4, -0.2) is 77.7 Å². The zero-order valence-electron chi connectivity index (χ0n) is 23.4. The van der Waals surface area contributed by atoms with Gasteiger partial charge in [-0.2, -0.15) is 0 Å². The van der Waals surface area contributed by atoms with Crippen molar-refractivity contribution in [2.75, 3.05) is 51.5 Å². The van der Waals surface area contributed by atoms with Gasteiger partial charge in [-0.25, -0.2) is 4.98 Å². The molecule has 3 rings (SSSR count). The van der Waals surface area contributed by atoms with Crippen LogP contribution in [0, 0.1) is 23.7 Å². The van der Waals surface area contributed by atoms with E-state index in [1.54, 1.807) is 30.5 Å². The standard InChI is InChI=1S/C32H39N5O2/c1-5-36(6-2)19-9-10-25-13-17-27-21-34-31(33)29(30(27)20-25)18-14-24-11-15-26(16-12-24)32(39)35-22-28(38)23-37(7-3)8-4/h11-13,15-17,20-21,28,38H,5-8,19,22-23H2,1-4H3,(H2,33,34)(H,35,39). The molecule has 0 saturated carbocycles. The van der Waals surface area contributed by atoms with E-state index in [1.165, 1.54) is 0 Å². The molecule has 1 aromatic heterocycles. The number of benzene rings is 2. The van der Waals surface area contributed by atoms with Crippen molar-refractivity contribution in [3.05, 3.63) is 70.9 Å². The van der Waals surface area contributed by atoms with Crippen molar-refractivity contribution in [2.24, 2.45) is 0 Å². The smallest absolute Gasteiger partial charge is 0.251 e. The second-order valence-corrected chi connectivity index (χ2v) is 9.26. The van der Waals surface area contributed by atoms with E-state index in [0.29, 0.717) is 23.5 Å². The van der Waals surface area contributed by atoms with E-state index < -0.39 is 6.10 Å². The van der Waals surface area contributed by atoms with Crippen LogP contribution in [0.25, 0.3) is 10.8 Å². The van der Waals surface area contributed by atoms with Gasteiger partial charge in [-0.1, -0.05) is 57.4 Å². The molecule has 0 spiro atoms. The highest BCUT2D eigenvalue weighted by molar-refractivity contribution is 5.94. The summed E-state index contributed by atoms with van der Waals surface area (Å²) in [6.45, 7) is 13.5. The molecule has 0 saturated heterocycles. The molecule has 1 heterocycles. The maximum Gasteiger partial charge on any atom is 0.251 e. The molecule has 0 aliphatic carbocycles. The molecule has 4 N–H and O–H groups in total. The normalized spacial score (nSPS) is 11.6. The molecule has 0 radical (unpaired) electrons. The molecular formula is C32H39N5O2. The number of aliphatic hydroxyl groups is 1. The number of hydrogen-bond acceptors (Lipinski definition) is 6. The molecule has 204 valence electrons. The van der Waals surface area contributed by atoms with Gasteiger partial charge in [-0.3, -0.25) is 9.69 Å². The molecule has 0 fully saturated rings. The van der Waals surface area contributed by atoms with Crippen LogP contribution in [0.3, 0.4) is 0 Å². The van der Waals surface area contributed by atoms with Gasteiger partial charge in [0.2, 0.25) is 0 Å². The third kappa shape index (κ3) is 8.56. The molecule has 39 heavy (non-hydrogen) atoms. The number of nitrogens with two attached hydrogens (primary N) is 1. The van der Waals surface area contributed by atoms with Crippen molar-refractivity contribution in [1.29, 1.82) is 0 Å². The number of rotatable bonds is 10. The van der Waals surface area contributed by atoms with Gasteiger partial charge in [0.25, 0.3) is 5.91 Å². The van der Waals surface area contributed by atoms with E-state index in [0.717, 1.165) is 54.6 Å². The Morgan fingerprint density at radius 2 is 1.62 bits per heavy atom. The Labute approximate surface area is 232 Å². The monoisotopic (exact) mass is 525 g/mol. The number of carbonyl (C=O) groups is 1. The third-order valence-corrected chi connectivity index (χ3v) is 6.69. The minimum Gasteiger partial charge on any atom is -0.390 e. The molecule has 2 aromatic carbocycles. The Hall–Kier alpha value is -3.88. The summed E-state index contributed by atoms with van der Waals surface area (Å²) in [6, 6.07) is 13.0. The Kier molecular flexibility index (Phi) is 11.3. The number of amides is 1. The van der Waals surface area contributed by atoms with Crippen molar-refractivity contribution in [3.8, 4) is 23.7 Å². The number of nitrogens with zero attached hydrogens (tertiary/aromatic N) is 3. The molecule has 0 aliphatic rings. The van der Waals surface area contributed by atoms with Crippen LogP contribution >= 0.6 is 0 Å². The summed E-state index contributed by atoms with van der Waals surface area (Å²) in [7, 11) is 0. The van der Waals surface area contributed by atoms with Gasteiger partial charge in [0, 0.05) is 46.7 Å². The first-order valence-corrected chi connectivity index (χ1v) is 13.6. The van der Waals surface area contributed by atoms with E-state index >= 15 is 0 Å².